The largest absolute Gasteiger partial charge is 0.481 e. The van der Waals surface area contributed by atoms with Crippen molar-refractivity contribution in [2.24, 2.45) is 0 Å². The molecule has 0 amide bonds. The molecule has 1 atom stereocenters. The third-order valence-corrected chi connectivity index (χ3v) is 2.99. The Kier molecular flexibility index (Phi) is 3.95. The number of nitrogens with zero attached hydrogens (tertiary/aromatic N) is 1. The highest BCUT2D eigenvalue weighted by molar-refractivity contribution is 5.31. The molecule has 2 aromatic rings. The summed E-state index contributed by atoms with van der Waals surface area (Å²) in [6.45, 7) is 2.11. The summed E-state index contributed by atoms with van der Waals surface area (Å²) >= 11 is 0. The van der Waals surface area contributed by atoms with Crippen molar-refractivity contribution in [2.45, 2.75) is 19.4 Å². The van der Waals surface area contributed by atoms with Crippen molar-refractivity contribution in [3.05, 3.63) is 59.3 Å². The summed E-state index contributed by atoms with van der Waals surface area (Å²) in [4.78, 5) is 4.10. The normalized spacial score (nSPS) is 12.2. The molecule has 1 heterocycles. The van der Waals surface area contributed by atoms with Gasteiger partial charge in [-0.3, -0.25) is 0 Å². The van der Waals surface area contributed by atoms with Gasteiger partial charge < -0.3 is 9.84 Å². The smallest absolute Gasteiger partial charge is 0.212 e. The zero-order chi connectivity index (χ0) is 13.0. The fourth-order valence-corrected chi connectivity index (χ4v) is 1.80. The monoisotopic (exact) mass is 243 g/mol. The van der Waals surface area contributed by atoms with Crippen LogP contribution < -0.4 is 4.74 Å². The van der Waals surface area contributed by atoms with Crippen LogP contribution in [0.5, 0.6) is 5.88 Å². The first kappa shape index (κ1) is 12.6. The maximum absolute atomic E-state index is 10.2. The quantitative estimate of drug-likeness (QED) is 0.897. The number of methoxy groups -OCH3 is 1. The lowest BCUT2D eigenvalue weighted by atomic mass is 10.0. The van der Waals surface area contributed by atoms with Crippen molar-refractivity contribution in [1.82, 2.24) is 4.98 Å². The van der Waals surface area contributed by atoms with Gasteiger partial charge in [-0.15, -0.1) is 0 Å². The molecule has 0 aliphatic rings. The first-order valence-corrected chi connectivity index (χ1v) is 6.01. The first-order chi connectivity index (χ1) is 8.74. The average molecular weight is 243 g/mol. The number of hydrogen-bond acceptors (Lipinski definition) is 3. The lowest BCUT2D eigenvalue weighted by Gasteiger charge is -2.12. The number of aliphatic hydroxyl groups is 1. The molecule has 1 aromatic carbocycles. The molecule has 18 heavy (non-hydrogen) atoms. The number of ether oxygens (including phenoxy) is 1. The summed E-state index contributed by atoms with van der Waals surface area (Å²) in [7, 11) is 1.57. The molecule has 0 aliphatic heterocycles. The number of pyridine rings is 1. The standard InChI is InChI=1S/C15H17NO2/c1-3-11-4-6-12(7-5-11)15(17)13-8-9-14(18-2)16-10-13/h4-10,15,17H,3H2,1-2H3. The van der Waals surface area contributed by atoms with E-state index in [9.17, 15) is 5.11 Å². The molecule has 0 spiro atoms. The molecule has 0 saturated carbocycles. The molecule has 1 aromatic heterocycles. The van der Waals surface area contributed by atoms with E-state index in [-0.39, 0.29) is 0 Å². The Labute approximate surface area is 107 Å². The Morgan fingerprint density at radius 2 is 1.78 bits per heavy atom. The van der Waals surface area contributed by atoms with E-state index >= 15 is 0 Å². The van der Waals surface area contributed by atoms with Gasteiger partial charge in [0.2, 0.25) is 5.88 Å². The SMILES string of the molecule is CCc1ccc(C(O)c2ccc(OC)nc2)cc1. The fraction of sp³-hybridized carbons (Fsp3) is 0.267. The van der Waals surface area contributed by atoms with Gasteiger partial charge in [-0.05, 0) is 23.6 Å². The van der Waals surface area contributed by atoms with Gasteiger partial charge in [0.15, 0.2) is 0 Å². The topological polar surface area (TPSA) is 42.4 Å². The van der Waals surface area contributed by atoms with Gasteiger partial charge in [0.25, 0.3) is 0 Å². The predicted octanol–water partition coefficient (Wildman–Crippen LogP) is 2.73. The van der Waals surface area contributed by atoms with Crippen molar-refractivity contribution in [3.8, 4) is 5.88 Å². The zero-order valence-electron chi connectivity index (χ0n) is 10.6. The molecule has 94 valence electrons. The molecular weight excluding hydrogens is 226 g/mol. The number of benzene rings is 1. The number of aryl methyl sites for hydroxylation is 1. The third kappa shape index (κ3) is 2.68. The van der Waals surface area contributed by atoms with Gasteiger partial charge in [0.1, 0.15) is 6.10 Å². The van der Waals surface area contributed by atoms with Crippen LogP contribution in [-0.2, 0) is 6.42 Å². The molecule has 2 rings (SSSR count). The number of aliphatic hydroxyl groups excluding tert-OH is 1. The number of rotatable bonds is 4. The van der Waals surface area contributed by atoms with E-state index in [4.69, 9.17) is 4.74 Å². The number of aromatic nitrogens is 1. The van der Waals surface area contributed by atoms with Crippen LogP contribution in [0.2, 0.25) is 0 Å². The van der Waals surface area contributed by atoms with E-state index in [1.54, 1.807) is 19.4 Å². The second kappa shape index (κ2) is 5.65. The van der Waals surface area contributed by atoms with Crippen LogP contribution in [0.1, 0.15) is 29.7 Å². The molecule has 0 saturated heterocycles. The van der Waals surface area contributed by atoms with Crippen LogP contribution in [0.4, 0.5) is 0 Å². The van der Waals surface area contributed by atoms with E-state index in [1.165, 1.54) is 5.56 Å². The highest BCUT2D eigenvalue weighted by Crippen LogP contribution is 2.22. The second-order valence-electron chi connectivity index (χ2n) is 4.13. The van der Waals surface area contributed by atoms with E-state index in [0.29, 0.717) is 5.88 Å². The van der Waals surface area contributed by atoms with Crippen molar-refractivity contribution in [2.75, 3.05) is 7.11 Å². The molecular formula is C15H17NO2. The predicted molar refractivity (Wildman–Crippen MR) is 70.7 cm³/mol. The fourth-order valence-electron chi connectivity index (χ4n) is 1.80. The molecule has 1 unspecified atom stereocenters. The zero-order valence-corrected chi connectivity index (χ0v) is 10.6. The molecule has 3 nitrogen and oxygen atoms in total. The average Bonchev–Trinajstić information content (AvgIpc) is 2.47. The summed E-state index contributed by atoms with van der Waals surface area (Å²) in [6.07, 6.45) is 1.99. The molecule has 0 aliphatic carbocycles. The minimum atomic E-state index is -0.644. The van der Waals surface area contributed by atoms with Crippen LogP contribution in [0.15, 0.2) is 42.6 Å². The Bertz CT molecular complexity index is 443. The third-order valence-electron chi connectivity index (χ3n) is 2.99. The summed E-state index contributed by atoms with van der Waals surface area (Å²) in [5.41, 5.74) is 2.90. The summed E-state index contributed by atoms with van der Waals surface area (Å²) in [5, 5.41) is 10.2. The summed E-state index contributed by atoms with van der Waals surface area (Å²) < 4.78 is 4.99. The van der Waals surface area contributed by atoms with Gasteiger partial charge in [-0.25, -0.2) is 4.98 Å². The lowest BCUT2D eigenvalue weighted by Crippen LogP contribution is -2.00. The minimum absolute atomic E-state index is 0.548. The van der Waals surface area contributed by atoms with Crippen molar-refractivity contribution in [3.63, 3.8) is 0 Å². The Morgan fingerprint density at radius 3 is 2.28 bits per heavy atom. The van der Waals surface area contributed by atoms with Crippen LogP contribution in [0.25, 0.3) is 0 Å². The highest BCUT2D eigenvalue weighted by atomic mass is 16.5. The van der Waals surface area contributed by atoms with Crippen molar-refractivity contribution in [1.29, 1.82) is 0 Å². The van der Waals surface area contributed by atoms with Crippen LogP contribution >= 0.6 is 0 Å². The summed E-state index contributed by atoms with van der Waals surface area (Å²) in [6, 6.07) is 11.6. The van der Waals surface area contributed by atoms with E-state index in [2.05, 4.69) is 11.9 Å². The Balaban J connectivity index is 2.20. The maximum Gasteiger partial charge on any atom is 0.212 e. The van der Waals surface area contributed by atoms with Crippen LogP contribution in [-0.4, -0.2) is 17.2 Å². The van der Waals surface area contributed by atoms with E-state index in [0.717, 1.165) is 17.5 Å². The van der Waals surface area contributed by atoms with Gasteiger partial charge in [0.05, 0.1) is 7.11 Å². The number of hydrogen-bond donors (Lipinski definition) is 1. The Morgan fingerprint density at radius 1 is 1.11 bits per heavy atom. The first-order valence-electron chi connectivity index (χ1n) is 6.01. The second-order valence-corrected chi connectivity index (χ2v) is 4.13. The van der Waals surface area contributed by atoms with Gasteiger partial charge in [-0.1, -0.05) is 31.2 Å². The highest BCUT2D eigenvalue weighted by Gasteiger charge is 2.10. The van der Waals surface area contributed by atoms with Crippen LogP contribution in [0.3, 0.4) is 0 Å². The molecule has 0 fully saturated rings. The molecule has 0 radical (unpaired) electrons. The van der Waals surface area contributed by atoms with Crippen molar-refractivity contribution >= 4 is 0 Å². The van der Waals surface area contributed by atoms with E-state index < -0.39 is 6.10 Å². The van der Waals surface area contributed by atoms with Gasteiger partial charge >= 0.3 is 0 Å². The van der Waals surface area contributed by atoms with Gasteiger partial charge in [0, 0.05) is 17.8 Å². The maximum atomic E-state index is 10.2. The van der Waals surface area contributed by atoms with Crippen molar-refractivity contribution < 1.29 is 9.84 Å². The van der Waals surface area contributed by atoms with Crippen LogP contribution in [0, 0.1) is 0 Å². The van der Waals surface area contributed by atoms with Gasteiger partial charge in [-0.2, -0.15) is 0 Å². The molecule has 1 N–H and O–H groups in total. The molecule has 3 heteroatoms. The minimum Gasteiger partial charge on any atom is -0.481 e. The summed E-state index contributed by atoms with van der Waals surface area (Å²) in [5.74, 6) is 0.548. The lowest BCUT2D eigenvalue weighted by molar-refractivity contribution is 0.219. The molecule has 0 bridgehead atoms. The van der Waals surface area contributed by atoms with E-state index in [1.807, 2.05) is 30.3 Å². The Hall–Kier alpha value is -1.87.